The number of aliphatic hydroxyl groups is 1. The van der Waals surface area contributed by atoms with Crippen LogP contribution in [0.3, 0.4) is 0 Å². The van der Waals surface area contributed by atoms with E-state index in [1.807, 2.05) is 29.7 Å². The Morgan fingerprint density at radius 3 is 2.93 bits per heavy atom. The molecular formula is C11H13ClN2O. The third-order valence-corrected chi connectivity index (χ3v) is 2.57. The predicted molar refractivity (Wildman–Crippen MR) is 60.3 cm³/mol. The molecular weight excluding hydrogens is 212 g/mol. The summed E-state index contributed by atoms with van der Waals surface area (Å²) in [7, 11) is 0. The highest BCUT2D eigenvalue weighted by molar-refractivity contribution is 6.32. The maximum Gasteiger partial charge on any atom is 0.155 e. The summed E-state index contributed by atoms with van der Waals surface area (Å²) in [6, 6.07) is 3.94. The van der Waals surface area contributed by atoms with Gasteiger partial charge in [0.1, 0.15) is 5.82 Å². The van der Waals surface area contributed by atoms with Crippen molar-refractivity contribution in [3.63, 3.8) is 0 Å². The van der Waals surface area contributed by atoms with Crippen molar-refractivity contribution in [1.82, 2.24) is 9.38 Å². The van der Waals surface area contributed by atoms with Crippen LogP contribution in [0.15, 0.2) is 18.3 Å². The molecule has 0 aliphatic heterocycles. The standard InChI is InChI=1S/C11H13ClN2O/c1-7-3-4-9-11(12)13-10(5-8(2)15)14(9)6-7/h3-4,6,8,15H,5H2,1-2H3. The molecule has 3 nitrogen and oxygen atoms in total. The molecule has 2 aromatic heterocycles. The van der Waals surface area contributed by atoms with Gasteiger partial charge >= 0.3 is 0 Å². The largest absolute Gasteiger partial charge is 0.393 e. The summed E-state index contributed by atoms with van der Waals surface area (Å²) in [6.45, 7) is 3.75. The van der Waals surface area contributed by atoms with E-state index in [2.05, 4.69) is 4.98 Å². The number of fused-ring (bicyclic) bond motifs is 1. The number of halogens is 1. The van der Waals surface area contributed by atoms with E-state index in [9.17, 15) is 5.11 Å². The number of rotatable bonds is 2. The van der Waals surface area contributed by atoms with Crippen molar-refractivity contribution in [1.29, 1.82) is 0 Å². The molecule has 1 atom stereocenters. The molecule has 1 N–H and O–H groups in total. The number of aliphatic hydroxyl groups excluding tert-OH is 1. The molecule has 2 heterocycles. The fraction of sp³-hybridized carbons (Fsp3) is 0.364. The van der Waals surface area contributed by atoms with Gasteiger partial charge in [0.05, 0.1) is 11.6 Å². The van der Waals surface area contributed by atoms with E-state index in [1.165, 1.54) is 0 Å². The van der Waals surface area contributed by atoms with E-state index in [-0.39, 0.29) is 0 Å². The summed E-state index contributed by atoms with van der Waals surface area (Å²) in [4.78, 5) is 4.24. The molecule has 4 heteroatoms. The van der Waals surface area contributed by atoms with Gasteiger partial charge in [-0.15, -0.1) is 0 Å². The van der Waals surface area contributed by atoms with Gasteiger partial charge in [0.2, 0.25) is 0 Å². The zero-order valence-corrected chi connectivity index (χ0v) is 9.49. The third kappa shape index (κ3) is 1.98. The average Bonchev–Trinajstić information content (AvgIpc) is 2.42. The van der Waals surface area contributed by atoms with Crippen LogP contribution in [0.1, 0.15) is 18.3 Å². The minimum absolute atomic E-state index is 0.410. The van der Waals surface area contributed by atoms with Crippen LogP contribution in [0.4, 0.5) is 0 Å². The van der Waals surface area contributed by atoms with Crippen molar-refractivity contribution in [3.05, 3.63) is 34.9 Å². The van der Waals surface area contributed by atoms with Crippen molar-refractivity contribution >= 4 is 17.1 Å². The van der Waals surface area contributed by atoms with Crippen LogP contribution in [0, 0.1) is 6.92 Å². The van der Waals surface area contributed by atoms with E-state index in [1.54, 1.807) is 6.92 Å². The zero-order valence-electron chi connectivity index (χ0n) is 8.74. The molecule has 2 aromatic rings. The highest BCUT2D eigenvalue weighted by Gasteiger charge is 2.10. The number of hydrogen-bond donors (Lipinski definition) is 1. The molecule has 0 spiro atoms. The lowest BCUT2D eigenvalue weighted by Crippen LogP contribution is -2.07. The normalized spacial score (nSPS) is 13.3. The van der Waals surface area contributed by atoms with Crippen molar-refractivity contribution < 1.29 is 5.11 Å². The van der Waals surface area contributed by atoms with Crippen molar-refractivity contribution in [3.8, 4) is 0 Å². The van der Waals surface area contributed by atoms with Crippen LogP contribution in [0.5, 0.6) is 0 Å². The molecule has 0 saturated carbocycles. The first-order valence-corrected chi connectivity index (χ1v) is 5.27. The van der Waals surface area contributed by atoms with Gasteiger partial charge in [0, 0.05) is 12.6 Å². The molecule has 0 radical (unpaired) electrons. The number of aryl methyl sites for hydroxylation is 1. The molecule has 0 aliphatic carbocycles. The molecule has 80 valence electrons. The second-order valence-electron chi connectivity index (χ2n) is 3.83. The van der Waals surface area contributed by atoms with Gasteiger partial charge in [0.15, 0.2) is 5.15 Å². The Morgan fingerprint density at radius 1 is 1.53 bits per heavy atom. The van der Waals surface area contributed by atoms with Crippen LogP contribution in [0.2, 0.25) is 5.15 Å². The quantitative estimate of drug-likeness (QED) is 0.850. The van der Waals surface area contributed by atoms with Gasteiger partial charge in [-0.1, -0.05) is 17.7 Å². The third-order valence-electron chi connectivity index (χ3n) is 2.29. The predicted octanol–water partition coefficient (Wildman–Crippen LogP) is 2.22. The van der Waals surface area contributed by atoms with E-state index in [4.69, 9.17) is 11.6 Å². The summed E-state index contributed by atoms with van der Waals surface area (Å²) >= 11 is 6.00. The molecule has 0 aromatic carbocycles. The minimum Gasteiger partial charge on any atom is -0.393 e. The zero-order chi connectivity index (χ0) is 11.0. The van der Waals surface area contributed by atoms with Gasteiger partial charge in [-0.3, -0.25) is 0 Å². The van der Waals surface area contributed by atoms with E-state index >= 15 is 0 Å². The molecule has 1 unspecified atom stereocenters. The Labute approximate surface area is 93.3 Å². The van der Waals surface area contributed by atoms with Crippen molar-refractivity contribution in [2.75, 3.05) is 0 Å². The van der Waals surface area contributed by atoms with Gasteiger partial charge in [0.25, 0.3) is 0 Å². The second kappa shape index (κ2) is 3.83. The summed E-state index contributed by atoms with van der Waals surface area (Å²) < 4.78 is 1.93. The van der Waals surface area contributed by atoms with E-state index in [0.717, 1.165) is 16.9 Å². The summed E-state index contributed by atoms with van der Waals surface area (Å²) in [5, 5.41) is 9.84. The van der Waals surface area contributed by atoms with E-state index < -0.39 is 6.10 Å². The minimum atomic E-state index is -0.410. The Morgan fingerprint density at radius 2 is 2.27 bits per heavy atom. The Kier molecular flexibility index (Phi) is 2.67. The second-order valence-corrected chi connectivity index (χ2v) is 4.19. The fourth-order valence-electron chi connectivity index (χ4n) is 1.62. The molecule has 0 aliphatic rings. The van der Waals surface area contributed by atoms with Gasteiger partial charge in [-0.05, 0) is 25.5 Å². The molecule has 15 heavy (non-hydrogen) atoms. The first-order chi connectivity index (χ1) is 7.08. The number of aromatic nitrogens is 2. The molecule has 0 fully saturated rings. The SMILES string of the molecule is Cc1ccc2c(Cl)nc(CC(C)O)n2c1. The monoisotopic (exact) mass is 224 g/mol. The molecule has 0 amide bonds. The summed E-state index contributed by atoms with van der Waals surface area (Å²) in [5.41, 5.74) is 2.03. The van der Waals surface area contributed by atoms with Gasteiger partial charge < -0.3 is 9.51 Å². The lowest BCUT2D eigenvalue weighted by Gasteiger charge is -2.03. The molecule has 0 saturated heterocycles. The number of pyridine rings is 1. The van der Waals surface area contributed by atoms with Gasteiger partial charge in [-0.2, -0.15) is 0 Å². The van der Waals surface area contributed by atoms with Crippen LogP contribution in [0.25, 0.3) is 5.52 Å². The summed E-state index contributed by atoms with van der Waals surface area (Å²) in [5.74, 6) is 0.800. The topological polar surface area (TPSA) is 37.5 Å². The first-order valence-electron chi connectivity index (χ1n) is 4.89. The van der Waals surface area contributed by atoms with Crippen LogP contribution >= 0.6 is 11.6 Å². The fourth-order valence-corrected chi connectivity index (χ4v) is 1.87. The van der Waals surface area contributed by atoms with Crippen LogP contribution < -0.4 is 0 Å². The number of nitrogens with zero attached hydrogens (tertiary/aromatic N) is 2. The van der Waals surface area contributed by atoms with Crippen molar-refractivity contribution in [2.24, 2.45) is 0 Å². The lowest BCUT2D eigenvalue weighted by molar-refractivity contribution is 0.192. The highest BCUT2D eigenvalue weighted by atomic mass is 35.5. The lowest BCUT2D eigenvalue weighted by atomic mass is 10.2. The molecule has 0 bridgehead atoms. The Balaban J connectivity index is 2.59. The van der Waals surface area contributed by atoms with Crippen LogP contribution in [-0.2, 0) is 6.42 Å². The molecule has 2 rings (SSSR count). The van der Waals surface area contributed by atoms with Crippen molar-refractivity contribution in [2.45, 2.75) is 26.4 Å². The number of hydrogen-bond acceptors (Lipinski definition) is 2. The Bertz CT molecular complexity index is 491. The van der Waals surface area contributed by atoms with E-state index in [0.29, 0.717) is 11.6 Å². The smallest absolute Gasteiger partial charge is 0.155 e. The highest BCUT2D eigenvalue weighted by Crippen LogP contribution is 2.19. The van der Waals surface area contributed by atoms with Gasteiger partial charge in [-0.25, -0.2) is 4.98 Å². The number of imidazole rings is 1. The van der Waals surface area contributed by atoms with Crippen LogP contribution in [-0.4, -0.2) is 20.6 Å². The maximum atomic E-state index is 9.35. The summed E-state index contributed by atoms with van der Waals surface area (Å²) in [6.07, 6.45) is 2.08. The Hall–Kier alpha value is -1.06. The average molecular weight is 225 g/mol. The maximum absolute atomic E-state index is 9.35. The first kappa shape index (κ1) is 10.5.